The predicted octanol–water partition coefficient (Wildman–Crippen LogP) is 3.93. The van der Waals surface area contributed by atoms with Crippen molar-refractivity contribution in [2.24, 2.45) is 0 Å². The first kappa shape index (κ1) is 21.5. The molecule has 3 rings (SSSR count). The zero-order chi connectivity index (χ0) is 18.5. The van der Waals surface area contributed by atoms with E-state index in [1.807, 2.05) is 17.9 Å². The summed E-state index contributed by atoms with van der Waals surface area (Å²) in [5.41, 5.74) is 0.893. The van der Waals surface area contributed by atoms with E-state index in [0.29, 0.717) is 9.88 Å². The number of rotatable bonds is 6. The van der Waals surface area contributed by atoms with Gasteiger partial charge in [0.25, 0.3) is 11.8 Å². The zero-order valence-corrected chi connectivity index (χ0v) is 17.3. The van der Waals surface area contributed by atoms with Crippen LogP contribution in [-0.4, -0.2) is 42.4 Å². The molecule has 0 spiro atoms. The van der Waals surface area contributed by atoms with Gasteiger partial charge in [0.2, 0.25) is 0 Å². The van der Waals surface area contributed by atoms with Crippen molar-refractivity contribution < 1.29 is 14.0 Å². The van der Waals surface area contributed by atoms with E-state index in [2.05, 4.69) is 17.6 Å². The van der Waals surface area contributed by atoms with Crippen molar-refractivity contribution in [3.63, 3.8) is 0 Å². The molecule has 148 valence electrons. The number of carbonyl (C=O) groups excluding carboxylic acids is 2. The van der Waals surface area contributed by atoms with Crippen LogP contribution in [0.4, 0.5) is 5.00 Å². The first-order valence-corrected chi connectivity index (χ1v) is 9.88. The Kier molecular flexibility index (Phi) is 7.89. The minimum Gasteiger partial charge on any atom is -0.459 e. The largest absolute Gasteiger partial charge is 0.459 e. The molecular formula is C19H26ClN3O3S. The van der Waals surface area contributed by atoms with E-state index in [1.54, 1.807) is 12.1 Å². The van der Waals surface area contributed by atoms with Crippen LogP contribution in [0.2, 0.25) is 0 Å². The summed E-state index contributed by atoms with van der Waals surface area (Å²) in [4.78, 5) is 28.0. The van der Waals surface area contributed by atoms with E-state index < -0.39 is 0 Å². The van der Waals surface area contributed by atoms with E-state index in [0.717, 1.165) is 44.5 Å². The Morgan fingerprint density at radius 1 is 1.37 bits per heavy atom. The second-order valence-corrected chi connectivity index (χ2v) is 7.59. The number of halogens is 1. The number of piperidine rings is 1. The average Bonchev–Trinajstić information content (AvgIpc) is 3.30. The van der Waals surface area contributed by atoms with Crippen LogP contribution in [0.25, 0.3) is 0 Å². The summed E-state index contributed by atoms with van der Waals surface area (Å²) in [5, 5.41) is 6.83. The molecule has 2 amide bonds. The summed E-state index contributed by atoms with van der Waals surface area (Å²) < 4.78 is 5.11. The summed E-state index contributed by atoms with van der Waals surface area (Å²) in [5.74, 6) is 0.0185. The van der Waals surface area contributed by atoms with Crippen molar-refractivity contribution in [1.29, 1.82) is 0 Å². The second kappa shape index (κ2) is 9.92. The number of nitrogens with one attached hydrogen (secondary N) is 2. The van der Waals surface area contributed by atoms with Gasteiger partial charge in [-0.25, -0.2) is 0 Å². The maximum Gasteiger partial charge on any atom is 0.291 e. The Hall–Kier alpha value is -1.83. The number of amides is 2. The summed E-state index contributed by atoms with van der Waals surface area (Å²) in [6, 6.07) is 5.42. The van der Waals surface area contributed by atoms with E-state index in [1.165, 1.54) is 17.6 Å². The van der Waals surface area contributed by atoms with Crippen molar-refractivity contribution >= 4 is 40.6 Å². The van der Waals surface area contributed by atoms with Crippen molar-refractivity contribution in [2.45, 2.75) is 39.2 Å². The highest BCUT2D eigenvalue weighted by molar-refractivity contribution is 7.18. The Balaban J connectivity index is 0.00000261. The van der Waals surface area contributed by atoms with Crippen molar-refractivity contribution in [2.75, 3.05) is 25.0 Å². The molecule has 3 heterocycles. The lowest BCUT2D eigenvalue weighted by Crippen LogP contribution is -2.46. The standard InChI is InChI=1S/C19H25N3O3S.ClH/c1-3-10-22(14-6-8-20-9-7-14)19(24)17-13(2)12-16(26-17)21-18(23)15-5-4-11-25-15;/h4-5,11-12,14,20H,3,6-10H2,1-2H3,(H,21,23);1H. The molecule has 27 heavy (non-hydrogen) atoms. The van der Waals surface area contributed by atoms with Gasteiger partial charge >= 0.3 is 0 Å². The van der Waals surface area contributed by atoms with Crippen LogP contribution >= 0.6 is 23.7 Å². The molecule has 8 heteroatoms. The van der Waals surface area contributed by atoms with Crippen molar-refractivity contribution in [1.82, 2.24) is 10.2 Å². The van der Waals surface area contributed by atoms with Crippen LogP contribution in [0.5, 0.6) is 0 Å². The molecule has 1 fully saturated rings. The smallest absolute Gasteiger partial charge is 0.291 e. The number of aryl methyl sites for hydroxylation is 1. The van der Waals surface area contributed by atoms with Gasteiger partial charge in [-0.15, -0.1) is 23.7 Å². The van der Waals surface area contributed by atoms with Crippen molar-refractivity contribution in [3.8, 4) is 0 Å². The maximum atomic E-state index is 13.2. The van der Waals surface area contributed by atoms with Gasteiger partial charge < -0.3 is 20.0 Å². The van der Waals surface area contributed by atoms with Gasteiger partial charge in [-0.2, -0.15) is 0 Å². The van der Waals surface area contributed by atoms with Crippen LogP contribution in [0, 0.1) is 6.92 Å². The molecule has 0 unspecified atom stereocenters. The Morgan fingerprint density at radius 2 is 2.11 bits per heavy atom. The average molecular weight is 412 g/mol. The molecule has 0 radical (unpaired) electrons. The van der Waals surface area contributed by atoms with Crippen molar-refractivity contribution in [3.05, 3.63) is 40.7 Å². The van der Waals surface area contributed by atoms with Gasteiger partial charge in [-0.1, -0.05) is 6.92 Å². The number of furan rings is 1. The lowest BCUT2D eigenvalue weighted by molar-refractivity contribution is 0.0647. The molecule has 0 atom stereocenters. The summed E-state index contributed by atoms with van der Waals surface area (Å²) in [7, 11) is 0. The second-order valence-electron chi connectivity index (χ2n) is 6.53. The number of nitrogens with zero attached hydrogens (tertiary/aromatic N) is 1. The highest BCUT2D eigenvalue weighted by atomic mass is 35.5. The summed E-state index contributed by atoms with van der Waals surface area (Å²) in [6.45, 7) is 6.67. The fraction of sp³-hybridized carbons (Fsp3) is 0.474. The third-order valence-electron chi connectivity index (χ3n) is 4.57. The van der Waals surface area contributed by atoms with E-state index in [-0.39, 0.29) is 36.0 Å². The Labute approximate surface area is 169 Å². The van der Waals surface area contributed by atoms with Crippen LogP contribution in [0.1, 0.15) is 52.0 Å². The van der Waals surface area contributed by atoms with Gasteiger partial charge in [0.15, 0.2) is 5.76 Å². The molecule has 1 aliphatic rings. The summed E-state index contributed by atoms with van der Waals surface area (Å²) in [6.07, 6.45) is 4.36. The number of anilines is 1. The highest BCUT2D eigenvalue weighted by Gasteiger charge is 2.28. The van der Waals surface area contributed by atoms with E-state index in [4.69, 9.17) is 4.42 Å². The molecule has 0 aromatic carbocycles. The zero-order valence-electron chi connectivity index (χ0n) is 15.6. The molecule has 0 saturated carbocycles. The Morgan fingerprint density at radius 3 is 2.74 bits per heavy atom. The monoisotopic (exact) mass is 411 g/mol. The SMILES string of the molecule is CCCN(C(=O)c1sc(NC(=O)c2ccco2)cc1C)C1CCNCC1.Cl. The molecule has 0 bridgehead atoms. The minimum atomic E-state index is -0.306. The first-order valence-electron chi connectivity index (χ1n) is 9.07. The molecule has 6 nitrogen and oxygen atoms in total. The lowest BCUT2D eigenvalue weighted by Gasteiger charge is -2.34. The van der Waals surface area contributed by atoms with Gasteiger partial charge in [0.1, 0.15) is 0 Å². The minimum absolute atomic E-state index is 0. The third kappa shape index (κ3) is 5.12. The highest BCUT2D eigenvalue weighted by Crippen LogP contribution is 2.29. The van der Waals surface area contributed by atoms with Crippen LogP contribution in [-0.2, 0) is 0 Å². The van der Waals surface area contributed by atoms with E-state index >= 15 is 0 Å². The van der Waals surface area contributed by atoms with Gasteiger partial charge in [0.05, 0.1) is 16.1 Å². The topological polar surface area (TPSA) is 74.6 Å². The fourth-order valence-corrected chi connectivity index (χ4v) is 4.30. The fourth-order valence-electron chi connectivity index (χ4n) is 3.28. The molecule has 1 saturated heterocycles. The van der Waals surface area contributed by atoms with E-state index in [9.17, 15) is 9.59 Å². The molecular weight excluding hydrogens is 386 g/mol. The van der Waals surface area contributed by atoms with Gasteiger partial charge in [-0.05, 0) is 63.0 Å². The predicted molar refractivity (Wildman–Crippen MR) is 110 cm³/mol. The van der Waals surface area contributed by atoms with Crippen LogP contribution in [0.15, 0.2) is 28.9 Å². The molecule has 2 N–H and O–H groups in total. The molecule has 0 aliphatic carbocycles. The maximum absolute atomic E-state index is 13.2. The number of thiophene rings is 1. The normalized spacial score (nSPS) is 14.4. The van der Waals surface area contributed by atoms with Gasteiger partial charge in [0, 0.05) is 12.6 Å². The lowest BCUT2D eigenvalue weighted by atomic mass is 10.0. The molecule has 2 aromatic heterocycles. The van der Waals surface area contributed by atoms with Crippen LogP contribution in [0.3, 0.4) is 0 Å². The number of carbonyl (C=O) groups is 2. The quantitative estimate of drug-likeness (QED) is 0.755. The third-order valence-corrected chi connectivity index (χ3v) is 5.71. The summed E-state index contributed by atoms with van der Waals surface area (Å²) >= 11 is 1.33. The van der Waals surface area contributed by atoms with Gasteiger partial charge in [-0.3, -0.25) is 9.59 Å². The molecule has 1 aliphatic heterocycles. The number of hydrogen-bond donors (Lipinski definition) is 2. The number of hydrogen-bond acceptors (Lipinski definition) is 5. The first-order chi connectivity index (χ1) is 12.6. The Bertz CT molecular complexity index is 754. The molecule has 2 aromatic rings. The van der Waals surface area contributed by atoms with Crippen LogP contribution < -0.4 is 10.6 Å².